The van der Waals surface area contributed by atoms with E-state index in [2.05, 4.69) is 26.6 Å². The second-order valence-electron chi connectivity index (χ2n) is 7.09. The second kappa shape index (κ2) is 8.66. The van der Waals surface area contributed by atoms with E-state index in [1.807, 2.05) is 37.3 Å². The van der Waals surface area contributed by atoms with Crippen molar-refractivity contribution in [2.45, 2.75) is 11.8 Å². The van der Waals surface area contributed by atoms with Crippen molar-refractivity contribution in [3.8, 4) is 11.1 Å². The number of rotatable bonds is 5. The number of aryl methyl sites for hydroxylation is 1. The fraction of sp³-hybridized carbons (Fsp3) is 0.0435. The van der Waals surface area contributed by atoms with Gasteiger partial charge in [-0.15, -0.1) is 10.2 Å². The quantitative estimate of drug-likeness (QED) is 0.158. The first-order chi connectivity index (χ1) is 15.4. The summed E-state index contributed by atoms with van der Waals surface area (Å²) in [6.07, 6.45) is 0. The standard InChI is InChI=1S/C23H19N5O3S/c1-15-5-4-6-17(13-15)16-9-11-18(12-10-16)25-26-21-14-22(32(29,30)31)19-7-2-3-8-20(19)23(21)27-28-24/h2-14H,1H3,(H2,24,27)(H,29,30,31). The lowest BCUT2D eigenvalue weighted by Crippen LogP contribution is -1.99. The van der Waals surface area contributed by atoms with E-state index >= 15 is 0 Å². The zero-order valence-corrected chi connectivity index (χ0v) is 17.9. The number of nitrogens with zero attached hydrogens (tertiary/aromatic N) is 4. The third-order valence-electron chi connectivity index (χ3n) is 4.89. The highest BCUT2D eigenvalue weighted by Gasteiger charge is 2.19. The third-order valence-corrected chi connectivity index (χ3v) is 5.78. The number of nitrogens with two attached hydrogens (primary N) is 1. The Bertz CT molecular complexity index is 1460. The van der Waals surface area contributed by atoms with Gasteiger partial charge in [-0.2, -0.15) is 13.5 Å². The number of fused-ring (bicyclic) bond motifs is 1. The summed E-state index contributed by atoms with van der Waals surface area (Å²) in [5.74, 6) is 5.25. The van der Waals surface area contributed by atoms with Crippen molar-refractivity contribution in [1.29, 1.82) is 0 Å². The smallest absolute Gasteiger partial charge is 0.295 e. The van der Waals surface area contributed by atoms with Crippen LogP contribution in [0.15, 0.2) is 104 Å². The van der Waals surface area contributed by atoms with Crippen molar-refractivity contribution in [3.05, 3.63) is 84.4 Å². The molecule has 0 radical (unpaired) electrons. The van der Waals surface area contributed by atoms with Gasteiger partial charge in [-0.1, -0.05) is 71.5 Å². The van der Waals surface area contributed by atoms with Gasteiger partial charge in [0.05, 0.1) is 5.69 Å². The minimum atomic E-state index is -4.51. The average Bonchev–Trinajstić information content (AvgIpc) is 2.78. The molecule has 3 N–H and O–H groups in total. The summed E-state index contributed by atoms with van der Waals surface area (Å²) >= 11 is 0. The molecule has 0 aliphatic rings. The molecule has 0 amide bonds. The van der Waals surface area contributed by atoms with Crippen LogP contribution in [0.25, 0.3) is 21.9 Å². The second-order valence-corrected chi connectivity index (χ2v) is 8.48. The van der Waals surface area contributed by atoms with Crippen molar-refractivity contribution in [3.63, 3.8) is 0 Å². The summed E-state index contributed by atoms with van der Waals surface area (Å²) in [6, 6.07) is 23.4. The lowest BCUT2D eigenvalue weighted by atomic mass is 10.0. The Morgan fingerprint density at radius 1 is 0.781 bits per heavy atom. The summed E-state index contributed by atoms with van der Waals surface area (Å²) in [7, 11) is -4.51. The van der Waals surface area contributed by atoms with E-state index in [4.69, 9.17) is 5.84 Å². The average molecular weight is 446 g/mol. The Kier molecular flexibility index (Phi) is 5.76. The third kappa shape index (κ3) is 4.39. The highest BCUT2D eigenvalue weighted by molar-refractivity contribution is 7.86. The fourth-order valence-corrected chi connectivity index (χ4v) is 4.14. The normalized spacial score (nSPS) is 12.2. The van der Waals surface area contributed by atoms with Gasteiger partial charge in [0.15, 0.2) is 0 Å². The number of azo groups is 1. The summed E-state index contributed by atoms with van der Waals surface area (Å²) in [4.78, 5) is -0.298. The fourth-order valence-electron chi connectivity index (χ4n) is 3.42. The zero-order chi connectivity index (χ0) is 22.7. The van der Waals surface area contributed by atoms with Crippen LogP contribution in [0.5, 0.6) is 0 Å². The highest BCUT2D eigenvalue weighted by Crippen LogP contribution is 2.40. The van der Waals surface area contributed by atoms with Crippen LogP contribution in [-0.4, -0.2) is 13.0 Å². The summed E-state index contributed by atoms with van der Waals surface area (Å²) < 4.78 is 33.6. The maximum Gasteiger partial charge on any atom is 0.295 e. The number of hydrogen-bond acceptors (Lipinski definition) is 6. The molecule has 4 rings (SSSR count). The van der Waals surface area contributed by atoms with Crippen LogP contribution in [0.3, 0.4) is 0 Å². The predicted molar refractivity (Wildman–Crippen MR) is 123 cm³/mol. The molecule has 0 unspecified atom stereocenters. The van der Waals surface area contributed by atoms with Crippen molar-refractivity contribution in [2.24, 2.45) is 26.4 Å². The van der Waals surface area contributed by atoms with E-state index in [0.29, 0.717) is 11.1 Å². The predicted octanol–water partition coefficient (Wildman–Crippen LogP) is 6.43. The van der Waals surface area contributed by atoms with Gasteiger partial charge in [-0.25, -0.2) is 0 Å². The summed E-state index contributed by atoms with van der Waals surface area (Å²) in [5, 5.41) is 16.3. The van der Waals surface area contributed by atoms with E-state index in [0.717, 1.165) is 11.1 Å². The topological polar surface area (TPSA) is 130 Å². The Labute approximate surface area is 184 Å². The molecule has 0 aliphatic carbocycles. The molecule has 0 bridgehead atoms. The molecule has 0 spiro atoms. The molecule has 4 aromatic carbocycles. The van der Waals surface area contributed by atoms with Crippen LogP contribution in [0.1, 0.15) is 5.56 Å². The maximum absolute atomic E-state index is 11.9. The van der Waals surface area contributed by atoms with E-state index < -0.39 is 10.1 Å². The van der Waals surface area contributed by atoms with E-state index in [9.17, 15) is 13.0 Å². The molecule has 0 aliphatic heterocycles. The Morgan fingerprint density at radius 3 is 2.16 bits per heavy atom. The monoisotopic (exact) mass is 445 g/mol. The molecule has 0 fully saturated rings. The molecule has 160 valence electrons. The molecular formula is C23H19N5O3S. The minimum absolute atomic E-state index is 0.105. The molecule has 0 saturated carbocycles. The van der Waals surface area contributed by atoms with E-state index in [1.165, 1.54) is 11.6 Å². The Hall–Kier alpha value is -3.95. The van der Waals surface area contributed by atoms with Gasteiger partial charge in [0.1, 0.15) is 16.3 Å². The first kappa shape index (κ1) is 21.3. The van der Waals surface area contributed by atoms with Gasteiger partial charge in [0.2, 0.25) is 0 Å². The van der Waals surface area contributed by atoms with Gasteiger partial charge in [0.25, 0.3) is 10.1 Å². The van der Waals surface area contributed by atoms with Crippen LogP contribution < -0.4 is 5.84 Å². The van der Waals surface area contributed by atoms with Gasteiger partial charge in [0, 0.05) is 10.8 Å². The molecule has 0 saturated heterocycles. The molecule has 0 heterocycles. The first-order valence-electron chi connectivity index (χ1n) is 9.60. The van der Waals surface area contributed by atoms with Gasteiger partial charge < -0.3 is 5.84 Å². The van der Waals surface area contributed by atoms with Crippen molar-refractivity contribution >= 4 is 38.0 Å². The Balaban J connectivity index is 1.77. The number of hydrogen-bond donors (Lipinski definition) is 2. The molecule has 4 aromatic rings. The van der Waals surface area contributed by atoms with Crippen LogP contribution in [-0.2, 0) is 10.1 Å². The highest BCUT2D eigenvalue weighted by atomic mass is 32.2. The van der Waals surface area contributed by atoms with E-state index in [1.54, 1.807) is 36.4 Å². The lowest BCUT2D eigenvalue weighted by Gasteiger charge is -2.08. The van der Waals surface area contributed by atoms with Gasteiger partial charge in [-0.3, -0.25) is 4.55 Å². The van der Waals surface area contributed by atoms with Crippen LogP contribution >= 0.6 is 0 Å². The molecule has 9 heteroatoms. The summed E-state index contributed by atoms with van der Waals surface area (Å²) in [5.41, 5.74) is 4.19. The minimum Gasteiger partial charge on any atom is -0.305 e. The molecule has 8 nitrogen and oxygen atoms in total. The molecular weight excluding hydrogens is 426 g/mol. The SMILES string of the molecule is Cc1cccc(-c2ccc(N=Nc3cc(S(=O)(=O)O)c4ccccc4c3N=NN)cc2)c1. The van der Waals surface area contributed by atoms with Gasteiger partial charge >= 0.3 is 0 Å². The largest absolute Gasteiger partial charge is 0.305 e. The van der Waals surface area contributed by atoms with E-state index in [-0.39, 0.29) is 21.7 Å². The van der Waals surface area contributed by atoms with Gasteiger partial charge in [-0.05, 0) is 36.2 Å². The lowest BCUT2D eigenvalue weighted by molar-refractivity contribution is 0.484. The van der Waals surface area contributed by atoms with Crippen molar-refractivity contribution in [1.82, 2.24) is 0 Å². The molecule has 0 aromatic heterocycles. The first-order valence-corrected chi connectivity index (χ1v) is 11.0. The molecule has 32 heavy (non-hydrogen) atoms. The van der Waals surface area contributed by atoms with Crippen LogP contribution in [0.4, 0.5) is 17.1 Å². The van der Waals surface area contributed by atoms with Crippen molar-refractivity contribution < 1.29 is 13.0 Å². The van der Waals surface area contributed by atoms with Crippen LogP contribution in [0.2, 0.25) is 0 Å². The maximum atomic E-state index is 11.9. The zero-order valence-electron chi connectivity index (χ0n) is 17.0. The van der Waals surface area contributed by atoms with Crippen LogP contribution in [0, 0.1) is 6.92 Å². The van der Waals surface area contributed by atoms with Crippen molar-refractivity contribution in [2.75, 3.05) is 0 Å². The number of benzene rings is 4. The summed E-state index contributed by atoms with van der Waals surface area (Å²) in [6.45, 7) is 2.03. The molecule has 0 atom stereocenters. The Morgan fingerprint density at radius 2 is 1.50 bits per heavy atom.